The van der Waals surface area contributed by atoms with Crippen molar-refractivity contribution in [3.8, 4) is 0 Å². The fourth-order valence-corrected chi connectivity index (χ4v) is 2.72. The molecule has 1 aromatic heterocycles. The van der Waals surface area contributed by atoms with Crippen molar-refractivity contribution in [2.75, 3.05) is 13.1 Å². The Kier molecular flexibility index (Phi) is 5.36. The lowest BCUT2D eigenvalue weighted by Gasteiger charge is -2.19. The third-order valence-corrected chi connectivity index (χ3v) is 4.29. The van der Waals surface area contributed by atoms with E-state index in [9.17, 15) is 5.11 Å². The molecule has 4 nitrogen and oxygen atoms in total. The average molecular weight is 303 g/mol. The summed E-state index contributed by atoms with van der Waals surface area (Å²) in [5.41, 5.74) is 6.11. The molecule has 1 aromatic carbocycles. The molecular formula is C16H21N3OS. The number of nitrogens with one attached hydrogen (secondary N) is 1. The first-order valence-electron chi connectivity index (χ1n) is 6.92. The average Bonchev–Trinajstić information content (AvgIpc) is 3.01. The highest BCUT2D eigenvalue weighted by molar-refractivity contribution is 7.10. The van der Waals surface area contributed by atoms with Crippen LogP contribution in [0.1, 0.15) is 17.4 Å². The van der Waals surface area contributed by atoms with Crippen LogP contribution in [0, 0.1) is 0 Å². The van der Waals surface area contributed by atoms with Crippen LogP contribution in [0.4, 0.5) is 0 Å². The molecule has 0 radical (unpaired) electrons. The first-order valence-corrected chi connectivity index (χ1v) is 7.80. The van der Waals surface area contributed by atoms with E-state index in [1.807, 2.05) is 35.7 Å². The van der Waals surface area contributed by atoms with Crippen LogP contribution in [0.25, 0.3) is 0 Å². The predicted octanol–water partition coefficient (Wildman–Crippen LogP) is 2.10. The van der Waals surface area contributed by atoms with Gasteiger partial charge in [0.1, 0.15) is 5.60 Å². The molecule has 2 aromatic rings. The minimum Gasteiger partial charge on any atom is -0.383 e. The van der Waals surface area contributed by atoms with E-state index in [1.165, 1.54) is 16.9 Å². The molecule has 0 amide bonds. The molecule has 0 fully saturated rings. The van der Waals surface area contributed by atoms with Crippen LogP contribution in [-0.2, 0) is 12.0 Å². The van der Waals surface area contributed by atoms with E-state index < -0.39 is 5.60 Å². The van der Waals surface area contributed by atoms with Crippen molar-refractivity contribution in [1.82, 2.24) is 5.32 Å². The van der Waals surface area contributed by atoms with Crippen molar-refractivity contribution in [3.63, 3.8) is 0 Å². The molecule has 4 N–H and O–H groups in total. The summed E-state index contributed by atoms with van der Waals surface area (Å²) in [5, 5.41) is 15.4. The van der Waals surface area contributed by atoms with Gasteiger partial charge >= 0.3 is 0 Å². The monoisotopic (exact) mass is 303 g/mol. The number of guanidine groups is 1. The van der Waals surface area contributed by atoms with E-state index in [2.05, 4.69) is 22.4 Å². The fourth-order valence-electron chi connectivity index (χ4n) is 1.94. The Morgan fingerprint density at radius 3 is 2.71 bits per heavy atom. The summed E-state index contributed by atoms with van der Waals surface area (Å²) in [6.07, 6.45) is 0.887. The van der Waals surface area contributed by atoms with Crippen molar-refractivity contribution in [2.24, 2.45) is 10.7 Å². The summed E-state index contributed by atoms with van der Waals surface area (Å²) in [5.74, 6) is 0.364. The standard InChI is InChI=1S/C16H21N3OS/c1-16(20,14-8-5-11-21-14)12-19-15(17)18-10-9-13-6-3-2-4-7-13/h2-8,11,20H,9-10,12H2,1H3,(H3,17,18,19). The molecule has 112 valence electrons. The zero-order valence-corrected chi connectivity index (χ0v) is 12.9. The van der Waals surface area contributed by atoms with Crippen molar-refractivity contribution >= 4 is 17.3 Å². The third kappa shape index (κ3) is 4.88. The normalized spacial score (nSPS) is 14.7. The molecule has 2 rings (SSSR count). The molecule has 0 aliphatic carbocycles. The SMILES string of the molecule is CC(O)(CN=C(N)NCCc1ccccc1)c1cccs1. The molecule has 0 aliphatic rings. The maximum Gasteiger partial charge on any atom is 0.188 e. The number of nitrogens with zero attached hydrogens (tertiary/aromatic N) is 1. The predicted molar refractivity (Wildman–Crippen MR) is 88.5 cm³/mol. The molecule has 0 saturated carbocycles. The topological polar surface area (TPSA) is 70.6 Å². The maximum absolute atomic E-state index is 10.3. The van der Waals surface area contributed by atoms with Gasteiger partial charge in [-0.05, 0) is 30.4 Å². The van der Waals surface area contributed by atoms with E-state index in [0.717, 1.165) is 17.8 Å². The van der Waals surface area contributed by atoms with Crippen LogP contribution < -0.4 is 11.1 Å². The van der Waals surface area contributed by atoms with Crippen LogP contribution in [-0.4, -0.2) is 24.2 Å². The minimum absolute atomic E-state index is 0.248. The van der Waals surface area contributed by atoms with Crippen molar-refractivity contribution in [1.29, 1.82) is 0 Å². The van der Waals surface area contributed by atoms with Crippen LogP contribution >= 0.6 is 11.3 Å². The molecule has 0 saturated heterocycles. The fraction of sp³-hybridized carbons (Fsp3) is 0.312. The Morgan fingerprint density at radius 2 is 2.05 bits per heavy atom. The smallest absolute Gasteiger partial charge is 0.188 e. The van der Waals surface area contributed by atoms with Gasteiger partial charge in [-0.2, -0.15) is 0 Å². The first kappa shape index (κ1) is 15.5. The summed E-state index contributed by atoms with van der Waals surface area (Å²) >= 11 is 1.52. The highest BCUT2D eigenvalue weighted by Crippen LogP contribution is 2.25. The van der Waals surface area contributed by atoms with Gasteiger partial charge in [-0.3, -0.25) is 4.99 Å². The summed E-state index contributed by atoms with van der Waals surface area (Å²) in [4.78, 5) is 5.11. The number of benzene rings is 1. The Labute approximate surface area is 129 Å². The Bertz CT molecular complexity index is 564. The van der Waals surface area contributed by atoms with Gasteiger partial charge in [0.15, 0.2) is 5.96 Å². The first-order chi connectivity index (χ1) is 10.1. The van der Waals surface area contributed by atoms with Gasteiger partial charge in [-0.15, -0.1) is 11.3 Å². The van der Waals surface area contributed by atoms with Gasteiger partial charge < -0.3 is 16.2 Å². The summed E-state index contributed by atoms with van der Waals surface area (Å²) < 4.78 is 0. The summed E-state index contributed by atoms with van der Waals surface area (Å²) in [6, 6.07) is 14.0. The number of nitrogens with two attached hydrogens (primary N) is 1. The van der Waals surface area contributed by atoms with Crippen LogP contribution in [0.15, 0.2) is 52.8 Å². The molecule has 0 spiro atoms. The molecule has 5 heteroatoms. The molecule has 21 heavy (non-hydrogen) atoms. The van der Waals surface area contributed by atoms with E-state index in [4.69, 9.17) is 5.73 Å². The summed E-state index contributed by atoms with van der Waals surface area (Å²) in [7, 11) is 0. The maximum atomic E-state index is 10.3. The third-order valence-electron chi connectivity index (χ3n) is 3.17. The molecule has 0 bridgehead atoms. The highest BCUT2D eigenvalue weighted by Gasteiger charge is 2.23. The lowest BCUT2D eigenvalue weighted by molar-refractivity contribution is 0.0712. The summed E-state index contributed by atoms with van der Waals surface area (Å²) in [6.45, 7) is 2.72. The zero-order chi connectivity index (χ0) is 15.1. The second-order valence-corrected chi connectivity index (χ2v) is 6.06. The number of aliphatic imine (C=N–C) groups is 1. The lowest BCUT2D eigenvalue weighted by Crippen LogP contribution is -2.35. The number of aliphatic hydroxyl groups is 1. The van der Waals surface area contributed by atoms with Crippen molar-refractivity contribution in [3.05, 3.63) is 58.3 Å². The van der Waals surface area contributed by atoms with E-state index in [1.54, 1.807) is 6.92 Å². The van der Waals surface area contributed by atoms with Gasteiger partial charge in [0, 0.05) is 11.4 Å². The number of thiophene rings is 1. The Balaban J connectivity index is 1.79. The lowest BCUT2D eigenvalue weighted by atomic mass is 10.1. The van der Waals surface area contributed by atoms with E-state index in [0.29, 0.717) is 5.96 Å². The van der Waals surface area contributed by atoms with Crippen LogP contribution in [0.2, 0.25) is 0 Å². The van der Waals surface area contributed by atoms with E-state index in [-0.39, 0.29) is 6.54 Å². The molecular weight excluding hydrogens is 282 g/mol. The van der Waals surface area contributed by atoms with Gasteiger partial charge in [0.25, 0.3) is 0 Å². The van der Waals surface area contributed by atoms with Gasteiger partial charge in [-0.25, -0.2) is 0 Å². The Hall–Kier alpha value is -1.85. The molecule has 0 aliphatic heterocycles. The number of hydrogen-bond donors (Lipinski definition) is 3. The van der Waals surface area contributed by atoms with Gasteiger partial charge in [0.2, 0.25) is 0 Å². The van der Waals surface area contributed by atoms with Crippen molar-refractivity contribution < 1.29 is 5.11 Å². The van der Waals surface area contributed by atoms with Gasteiger partial charge in [0.05, 0.1) is 6.54 Å². The quantitative estimate of drug-likeness (QED) is 0.565. The minimum atomic E-state index is -0.972. The second kappa shape index (κ2) is 7.24. The van der Waals surface area contributed by atoms with Crippen molar-refractivity contribution in [2.45, 2.75) is 18.9 Å². The Morgan fingerprint density at radius 1 is 1.29 bits per heavy atom. The van der Waals surface area contributed by atoms with Crippen LogP contribution in [0.3, 0.4) is 0 Å². The molecule has 1 heterocycles. The highest BCUT2D eigenvalue weighted by atomic mass is 32.1. The molecule has 1 unspecified atom stereocenters. The zero-order valence-electron chi connectivity index (χ0n) is 12.1. The van der Waals surface area contributed by atoms with E-state index >= 15 is 0 Å². The second-order valence-electron chi connectivity index (χ2n) is 5.11. The van der Waals surface area contributed by atoms with Gasteiger partial charge in [-0.1, -0.05) is 36.4 Å². The number of hydrogen-bond acceptors (Lipinski definition) is 3. The largest absolute Gasteiger partial charge is 0.383 e. The number of rotatable bonds is 6. The van der Waals surface area contributed by atoms with Crippen LogP contribution in [0.5, 0.6) is 0 Å². The molecule has 1 atom stereocenters.